The molecule has 0 aromatic carbocycles. The molecule has 1 aliphatic rings. The van der Waals surface area contributed by atoms with Crippen molar-refractivity contribution >= 4 is 11.9 Å². The molecular formula is C9H17N5O3. The summed E-state index contributed by atoms with van der Waals surface area (Å²) >= 11 is 0. The van der Waals surface area contributed by atoms with Crippen LogP contribution in [0.4, 0.5) is 4.79 Å². The quantitative estimate of drug-likeness (QED) is 0.431. The van der Waals surface area contributed by atoms with Gasteiger partial charge in [0.2, 0.25) is 5.91 Å². The number of imide groups is 1. The number of nitrogens with zero attached hydrogens (tertiary/aromatic N) is 2. The summed E-state index contributed by atoms with van der Waals surface area (Å²) in [5, 5.41) is 11.3. The van der Waals surface area contributed by atoms with Crippen LogP contribution in [0.15, 0.2) is 12.4 Å². The zero-order chi connectivity index (χ0) is 12.8. The number of carbonyl (C=O) groups excluding carboxylic acids is 2. The van der Waals surface area contributed by atoms with Gasteiger partial charge in [-0.05, 0) is 0 Å². The Morgan fingerprint density at radius 1 is 1.65 bits per heavy atom. The average Bonchev–Trinajstić information content (AvgIpc) is 2.28. The molecule has 4 N–H and O–H groups in total. The standard InChI is InChI=1S/C9H17N5O3/c1-10-11-3-4-13(2)8-5-7(16)12-9(17)14(8)6-15/h3-4,8,10-11,15H,5-6H2,1-2H3,(H,12,16,17)/b4-3-. The van der Waals surface area contributed by atoms with Crippen molar-refractivity contribution < 1.29 is 14.7 Å². The number of amides is 3. The van der Waals surface area contributed by atoms with Crippen LogP contribution in [0, 0.1) is 0 Å². The van der Waals surface area contributed by atoms with Gasteiger partial charge in [0, 0.05) is 26.5 Å². The fourth-order valence-corrected chi connectivity index (χ4v) is 1.51. The number of nitrogens with one attached hydrogen (secondary N) is 3. The Morgan fingerprint density at radius 2 is 2.35 bits per heavy atom. The van der Waals surface area contributed by atoms with Gasteiger partial charge >= 0.3 is 6.03 Å². The van der Waals surface area contributed by atoms with Crippen LogP contribution in [-0.2, 0) is 4.79 Å². The molecule has 1 saturated heterocycles. The van der Waals surface area contributed by atoms with E-state index in [-0.39, 0.29) is 12.3 Å². The molecule has 0 aromatic rings. The monoisotopic (exact) mass is 243 g/mol. The molecule has 96 valence electrons. The largest absolute Gasteiger partial charge is 0.376 e. The normalized spacial score (nSPS) is 20.6. The summed E-state index contributed by atoms with van der Waals surface area (Å²) in [5.41, 5.74) is 5.43. The molecule has 1 atom stereocenters. The number of urea groups is 1. The molecule has 8 nitrogen and oxygen atoms in total. The summed E-state index contributed by atoms with van der Waals surface area (Å²) in [6.07, 6.45) is 2.91. The maximum atomic E-state index is 11.4. The summed E-state index contributed by atoms with van der Waals surface area (Å²) in [6.45, 7) is -0.443. The Bertz CT molecular complexity index is 320. The van der Waals surface area contributed by atoms with Gasteiger partial charge in [-0.1, -0.05) is 0 Å². The van der Waals surface area contributed by atoms with Crippen molar-refractivity contribution in [2.45, 2.75) is 12.6 Å². The fourth-order valence-electron chi connectivity index (χ4n) is 1.51. The number of hydrazine groups is 1. The summed E-state index contributed by atoms with van der Waals surface area (Å²) in [7, 11) is 3.43. The maximum Gasteiger partial charge on any atom is 0.327 e. The van der Waals surface area contributed by atoms with Gasteiger partial charge < -0.3 is 15.4 Å². The molecular weight excluding hydrogens is 226 g/mol. The van der Waals surface area contributed by atoms with E-state index in [1.807, 2.05) is 0 Å². The minimum absolute atomic E-state index is 0.118. The van der Waals surface area contributed by atoms with E-state index in [4.69, 9.17) is 5.11 Å². The Balaban J connectivity index is 2.70. The van der Waals surface area contributed by atoms with Crippen molar-refractivity contribution in [2.24, 2.45) is 0 Å². The predicted molar refractivity (Wildman–Crippen MR) is 60.0 cm³/mol. The smallest absolute Gasteiger partial charge is 0.327 e. The highest BCUT2D eigenvalue weighted by Crippen LogP contribution is 2.13. The number of carbonyl (C=O) groups is 2. The van der Waals surface area contributed by atoms with Gasteiger partial charge in [0.05, 0.1) is 6.42 Å². The van der Waals surface area contributed by atoms with Crippen LogP contribution in [0.3, 0.4) is 0 Å². The molecule has 17 heavy (non-hydrogen) atoms. The lowest BCUT2D eigenvalue weighted by molar-refractivity contribution is -0.125. The molecule has 0 aliphatic carbocycles. The average molecular weight is 243 g/mol. The van der Waals surface area contributed by atoms with Crippen LogP contribution < -0.4 is 16.2 Å². The molecule has 0 radical (unpaired) electrons. The van der Waals surface area contributed by atoms with Gasteiger partial charge in [0.1, 0.15) is 12.9 Å². The van der Waals surface area contributed by atoms with E-state index < -0.39 is 18.9 Å². The molecule has 1 fully saturated rings. The second kappa shape index (κ2) is 6.06. The van der Waals surface area contributed by atoms with Crippen LogP contribution in [0.2, 0.25) is 0 Å². The van der Waals surface area contributed by atoms with Crippen LogP contribution in [0.25, 0.3) is 0 Å². The van der Waals surface area contributed by atoms with Gasteiger partial charge in [-0.25, -0.2) is 10.2 Å². The van der Waals surface area contributed by atoms with E-state index in [0.717, 1.165) is 0 Å². The molecule has 0 bridgehead atoms. The molecule has 0 aromatic heterocycles. The summed E-state index contributed by atoms with van der Waals surface area (Å²) < 4.78 is 0. The topological polar surface area (TPSA) is 96.9 Å². The Labute approximate surface area is 99.2 Å². The van der Waals surface area contributed by atoms with E-state index in [1.54, 1.807) is 31.4 Å². The first-order chi connectivity index (χ1) is 8.10. The molecule has 3 amide bonds. The van der Waals surface area contributed by atoms with Crippen LogP contribution in [0.5, 0.6) is 0 Å². The van der Waals surface area contributed by atoms with Crippen molar-refractivity contribution in [3.8, 4) is 0 Å². The Kier molecular flexibility index (Phi) is 4.73. The number of rotatable bonds is 5. The number of aliphatic hydroxyl groups excluding tert-OH is 1. The van der Waals surface area contributed by atoms with Crippen molar-refractivity contribution in [1.29, 1.82) is 0 Å². The second-order valence-electron chi connectivity index (χ2n) is 3.52. The fraction of sp³-hybridized carbons (Fsp3) is 0.556. The van der Waals surface area contributed by atoms with E-state index in [2.05, 4.69) is 16.2 Å². The van der Waals surface area contributed by atoms with Crippen molar-refractivity contribution in [2.75, 3.05) is 20.8 Å². The number of hydrogen-bond donors (Lipinski definition) is 4. The molecule has 1 unspecified atom stereocenters. The van der Waals surface area contributed by atoms with E-state index in [0.29, 0.717) is 0 Å². The van der Waals surface area contributed by atoms with Gasteiger partial charge in [-0.3, -0.25) is 15.0 Å². The highest BCUT2D eigenvalue weighted by Gasteiger charge is 2.33. The van der Waals surface area contributed by atoms with Gasteiger partial charge in [0.15, 0.2) is 0 Å². The van der Waals surface area contributed by atoms with E-state index in [9.17, 15) is 9.59 Å². The minimum Gasteiger partial charge on any atom is -0.376 e. The Morgan fingerprint density at radius 3 is 2.94 bits per heavy atom. The number of aliphatic hydroxyl groups is 1. The molecule has 1 heterocycles. The first-order valence-corrected chi connectivity index (χ1v) is 5.12. The first-order valence-electron chi connectivity index (χ1n) is 5.12. The summed E-state index contributed by atoms with van der Waals surface area (Å²) in [6, 6.07) is -0.587. The van der Waals surface area contributed by atoms with Gasteiger partial charge in [-0.15, -0.1) is 0 Å². The zero-order valence-corrected chi connectivity index (χ0v) is 9.80. The number of hydrogen-bond acceptors (Lipinski definition) is 6. The first kappa shape index (κ1) is 13.3. The van der Waals surface area contributed by atoms with Crippen LogP contribution in [0.1, 0.15) is 6.42 Å². The van der Waals surface area contributed by atoms with E-state index in [1.165, 1.54) is 4.90 Å². The maximum absolute atomic E-state index is 11.4. The third-order valence-corrected chi connectivity index (χ3v) is 2.39. The third-order valence-electron chi connectivity index (χ3n) is 2.39. The second-order valence-corrected chi connectivity index (χ2v) is 3.52. The van der Waals surface area contributed by atoms with Crippen molar-refractivity contribution in [3.05, 3.63) is 12.4 Å². The van der Waals surface area contributed by atoms with Gasteiger partial charge in [-0.2, -0.15) is 0 Å². The zero-order valence-electron chi connectivity index (χ0n) is 9.80. The molecule has 1 aliphatic heterocycles. The molecule has 0 spiro atoms. The SMILES string of the molecule is CNN/C=C\N(C)C1CC(=O)NC(=O)N1CO. The highest BCUT2D eigenvalue weighted by atomic mass is 16.3. The lowest BCUT2D eigenvalue weighted by atomic mass is 10.2. The lowest BCUT2D eigenvalue weighted by Gasteiger charge is -2.38. The third kappa shape index (κ3) is 3.33. The van der Waals surface area contributed by atoms with Crippen molar-refractivity contribution in [3.63, 3.8) is 0 Å². The van der Waals surface area contributed by atoms with Crippen molar-refractivity contribution in [1.82, 2.24) is 26.0 Å². The minimum atomic E-state index is -0.587. The molecule has 1 rings (SSSR count). The summed E-state index contributed by atoms with van der Waals surface area (Å²) in [5.74, 6) is -0.355. The molecule has 8 heteroatoms. The van der Waals surface area contributed by atoms with Gasteiger partial charge in [0.25, 0.3) is 0 Å². The van der Waals surface area contributed by atoms with Crippen LogP contribution >= 0.6 is 0 Å². The molecule has 0 saturated carbocycles. The van der Waals surface area contributed by atoms with Crippen LogP contribution in [-0.4, -0.2) is 53.8 Å². The highest BCUT2D eigenvalue weighted by molar-refractivity contribution is 5.97. The predicted octanol–water partition coefficient (Wildman–Crippen LogP) is -1.67. The Hall–Kier alpha value is -1.80. The van der Waals surface area contributed by atoms with E-state index >= 15 is 0 Å². The lowest BCUT2D eigenvalue weighted by Crippen LogP contribution is -2.59. The summed E-state index contributed by atoms with van der Waals surface area (Å²) in [4.78, 5) is 25.5.